The summed E-state index contributed by atoms with van der Waals surface area (Å²) in [6.07, 6.45) is 5.47. The maximum atomic E-state index is 11.4. The van der Waals surface area contributed by atoms with Crippen molar-refractivity contribution in [2.75, 3.05) is 20.3 Å². The number of carbonyl (C=O) groups excluding carboxylic acids is 1. The van der Waals surface area contributed by atoms with E-state index in [4.69, 9.17) is 9.47 Å². The molecule has 0 fully saturated rings. The van der Waals surface area contributed by atoms with Gasteiger partial charge in [-0.3, -0.25) is 9.78 Å². The molecule has 0 saturated heterocycles. The molecule has 0 amide bonds. The number of aromatic nitrogens is 1. The van der Waals surface area contributed by atoms with E-state index in [0.29, 0.717) is 13.2 Å². The van der Waals surface area contributed by atoms with Crippen molar-refractivity contribution in [2.24, 2.45) is 5.41 Å². The van der Waals surface area contributed by atoms with Gasteiger partial charge in [0.05, 0.1) is 19.1 Å². The van der Waals surface area contributed by atoms with Gasteiger partial charge in [-0.05, 0) is 44.4 Å². The van der Waals surface area contributed by atoms with Gasteiger partial charge in [0.15, 0.2) is 0 Å². The zero-order valence-corrected chi connectivity index (χ0v) is 11.3. The minimum absolute atomic E-state index is 0.239. The topological polar surface area (TPSA) is 48.4 Å². The highest BCUT2D eigenvalue weighted by Crippen LogP contribution is 2.17. The lowest BCUT2D eigenvalue weighted by molar-refractivity contribution is -0.154. The molecule has 0 atom stereocenters. The number of esters is 1. The van der Waals surface area contributed by atoms with E-state index in [1.807, 2.05) is 26.0 Å². The molecule has 0 aliphatic carbocycles. The molecule has 0 N–H and O–H groups in total. The fourth-order valence-corrected chi connectivity index (χ4v) is 1.59. The second-order valence-electron chi connectivity index (χ2n) is 4.89. The molecule has 0 unspecified atom stereocenters. The van der Waals surface area contributed by atoms with Crippen LogP contribution in [0.15, 0.2) is 24.5 Å². The average Bonchev–Trinajstić information content (AvgIpc) is 2.38. The molecule has 0 saturated carbocycles. The van der Waals surface area contributed by atoms with Crippen LogP contribution in [0.5, 0.6) is 0 Å². The number of pyridine rings is 1. The molecule has 0 aromatic carbocycles. The summed E-state index contributed by atoms with van der Waals surface area (Å²) in [6, 6.07) is 4.00. The molecule has 1 rings (SSSR count). The van der Waals surface area contributed by atoms with Crippen molar-refractivity contribution < 1.29 is 14.3 Å². The smallest absolute Gasteiger partial charge is 0.313 e. The van der Waals surface area contributed by atoms with E-state index in [-0.39, 0.29) is 5.97 Å². The highest BCUT2D eigenvalue weighted by atomic mass is 16.5. The van der Waals surface area contributed by atoms with E-state index in [1.165, 1.54) is 12.7 Å². The molecular formula is C14H21NO3. The molecule has 1 heterocycles. The average molecular weight is 251 g/mol. The predicted octanol–water partition coefficient (Wildman–Crippen LogP) is 2.23. The fraction of sp³-hybridized carbons (Fsp3) is 0.571. The maximum absolute atomic E-state index is 11.4. The third-order valence-corrected chi connectivity index (χ3v) is 2.70. The Labute approximate surface area is 108 Å². The van der Waals surface area contributed by atoms with Crippen molar-refractivity contribution >= 4 is 5.97 Å². The summed E-state index contributed by atoms with van der Waals surface area (Å²) in [5.41, 5.74) is 0.673. The summed E-state index contributed by atoms with van der Waals surface area (Å²) in [5, 5.41) is 0. The molecule has 1 aromatic heterocycles. The highest BCUT2D eigenvalue weighted by molar-refractivity contribution is 5.75. The van der Waals surface area contributed by atoms with Gasteiger partial charge in [0.1, 0.15) is 0 Å². The summed E-state index contributed by atoms with van der Waals surface area (Å²) in [7, 11) is 1.40. The monoisotopic (exact) mass is 251 g/mol. The first-order valence-corrected chi connectivity index (χ1v) is 6.11. The molecule has 4 heteroatoms. The highest BCUT2D eigenvalue weighted by Gasteiger charge is 2.28. The normalized spacial score (nSPS) is 11.3. The molecule has 100 valence electrons. The molecule has 0 bridgehead atoms. The molecule has 0 aliphatic rings. The number of carbonyl (C=O) groups is 1. The Balaban J connectivity index is 2.17. The van der Waals surface area contributed by atoms with E-state index < -0.39 is 5.41 Å². The van der Waals surface area contributed by atoms with Crippen molar-refractivity contribution in [1.82, 2.24) is 4.98 Å². The summed E-state index contributed by atoms with van der Waals surface area (Å²) in [4.78, 5) is 15.4. The lowest BCUT2D eigenvalue weighted by Crippen LogP contribution is -2.31. The maximum Gasteiger partial charge on any atom is 0.313 e. The van der Waals surface area contributed by atoms with Crippen LogP contribution >= 0.6 is 0 Å². The number of nitrogens with zero attached hydrogens (tertiary/aromatic N) is 1. The summed E-state index contributed by atoms with van der Waals surface area (Å²) < 4.78 is 10.2. The van der Waals surface area contributed by atoms with Crippen molar-refractivity contribution in [3.63, 3.8) is 0 Å². The Kier molecular flexibility index (Phi) is 5.78. The Morgan fingerprint density at radius 3 is 2.61 bits per heavy atom. The Morgan fingerprint density at radius 2 is 2.00 bits per heavy atom. The molecule has 1 aromatic rings. The van der Waals surface area contributed by atoms with Crippen LogP contribution in [0, 0.1) is 5.41 Å². The minimum Gasteiger partial charge on any atom is -0.469 e. The van der Waals surface area contributed by atoms with Crippen molar-refractivity contribution in [3.8, 4) is 0 Å². The van der Waals surface area contributed by atoms with Gasteiger partial charge in [-0.25, -0.2) is 0 Å². The van der Waals surface area contributed by atoms with Gasteiger partial charge in [-0.2, -0.15) is 0 Å². The molecule has 0 radical (unpaired) electrons. The number of aryl methyl sites for hydroxylation is 1. The van der Waals surface area contributed by atoms with E-state index in [1.54, 1.807) is 12.4 Å². The summed E-state index contributed by atoms with van der Waals surface area (Å²) in [5.74, 6) is -0.239. The van der Waals surface area contributed by atoms with Gasteiger partial charge in [-0.1, -0.05) is 0 Å². The number of hydrogen-bond acceptors (Lipinski definition) is 4. The van der Waals surface area contributed by atoms with Crippen molar-refractivity contribution in [1.29, 1.82) is 0 Å². The quantitative estimate of drug-likeness (QED) is 0.551. The first-order chi connectivity index (χ1) is 8.56. The predicted molar refractivity (Wildman–Crippen MR) is 69.2 cm³/mol. The number of methoxy groups -OCH3 is 1. The molecule has 0 spiro atoms. The lowest BCUT2D eigenvalue weighted by atomic mass is 9.95. The fourth-order valence-electron chi connectivity index (χ4n) is 1.59. The summed E-state index contributed by atoms with van der Waals surface area (Å²) in [6.45, 7) is 4.67. The number of rotatable bonds is 7. The van der Waals surface area contributed by atoms with E-state index in [2.05, 4.69) is 4.98 Å². The Hall–Kier alpha value is -1.42. The Bertz CT molecular complexity index is 363. The van der Waals surface area contributed by atoms with Gasteiger partial charge in [0, 0.05) is 19.0 Å². The van der Waals surface area contributed by atoms with Crippen molar-refractivity contribution in [3.05, 3.63) is 30.1 Å². The second-order valence-corrected chi connectivity index (χ2v) is 4.89. The van der Waals surface area contributed by atoms with Crippen LogP contribution in [0.4, 0.5) is 0 Å². The number of hydrogen-bond donors (Lipinski definition) is 0. The van der Waals surface area contributed by atoms with E-state index >= 15 is 0 Å². The van der Waals surface area contributed by atoms with Crippen LogP contribution < -0.4 is 0 Å². The van der Waals surface area contributed by atoms with Gasteiger partial charge < -0.3 is 9.47 Å². The lowest BCUT2D eigenvalue weighted by Gasteiger charge is -2.21. The molecule has 4 nitrogen and oxygen atoms in total. The number of ether oxygens (including phenoxy) is 2. The molecule has 0 aliphatic heterocycles. The van der Waals surface area contributed by atoms with Gasteiger partial charge in [-0.15, -0.1) is 0 Å². The second kappa shape index (κ2) is 7.11. The molecule has 18 heavy (non-hydrogen) atoms. The van der Waals surface area contributed by atoms with E-state index in [0.717, 1.165) is 12.8 Å². The SMILES string of the molecule is COC(=O)C(C)(C)COCCCc1ccncc1. The first kappa shape index (κ1) is 14.6. The molecular weight excluding hydrogens is 230 g/mol. The summed E-state index contributed by atoms with van der Waals surface area (Å²) >= 11 is 0. The van der Waals surface area contributed by atoms with Crippen LogP contribution in [0.3, 0.4) is 0 Å². The van der Waals surface area contributed by atoms with Gasteiger partial charge in [0.25, 0.3) is 0 Å². The van der Waals surface area contributed by atoms with Crippen LogP contribution in [-0.2, 0) is 20.7 Å². The van der Waals surface area contributed by atoms with Crippen LogP contribution in [0.25, 0.3) is 0 Å². The van der Waals surface area contributed by atoms with Crippen LogP contribution in [0.1, 0.15) is 25.8 Å². The van der Waals surface area contributed by atoms with Crippen LogP contribution in [0.2, 0.25) is 0 Å². The van der Waals surface area contributed by atoms with Gasteiger partial charge >= 0.3 is 5.97 Å². The Morgan fingerprint density at radius 1 is 1.33 bits per heavy atom. The first-order valence-electron chi connectivity index (χ1n) is 6.11. The minimum atomic E-state index is -0.578. The third kappa shape index (κ3) is 4.84. The zero-order valence-electron chi connectivity index (χ0n) is 11.3. The third-order valence-electron chi connectivity index (χ3n) is 2.70. The van der Waals surface area contributed by atoms with Crippen LogP contribution in [-0.4, -0.2) is 31.3 Å². The zero-order chi connectivity index (χ0) is 13.4. The standard InChI is InChI=1S/C14H21NO3/c1-14(2,13(16)17-3)11-18-10-4-5-12-6-8-15-9-7-12/h6-9H,4-5,10-11H2,1-3H3. The van der Waals surface area contributed by atoms with Crippen molar-refractivity contribution in [2.45, 2.75) is 26.7 Å². The van der Waals surface area contributed by atoms with Gasteiger partial charge in [0.2, 0.25) is 0 Å². The van der Waals surface area contributed by atoms with E-state index in [9.17, 15) is 4.79 Å². The largest absolute Gasteiger partial charge is 0.469 e.